The molecule has 0 saturated carbocycles. The van der Waals surface area contributed by atoms with E-state index in [4.69, 9.17) is 9.47 Å². The van der Waals surface area contributed by atoms with Crippen LogP contribution >= 0.6 is 11.3 Å². The van der Waals surface area contributed by atoms with E-state index in [0.29, 0.717) is 24.5 Å². The van der Waals surface area contributed by atoms with E-state index in [-0.39, 0.29) is 12.0 Å². The molecule has 1 aromatic heterocycles. The van der Waals surface area contributed by atoms with Gasteiger partial charge >= 0.3 is 0 Å². The van der Waals surface area contributed by atoms with Gasteiger partial charge < -0.3 is 14.8 Å². The van der Waals surface area contributed by atoms with E-state index in [9.17, 15) is 4.79 Å². The van der Waals surface area contributed by atoms with Gasteiger partial charge in [-0.3, -0.25) is 4.79 Å². The first-order valence-corrected chi connectivity index (χ1v) is 11.1. The van der Waals surface area contributed by atoms with Crippen molar-refractivity contribution in [2.24, 2.45) is 0 Å². The largest absolute Gasteiger partial charge is 0.489 e. The van der Waals surface area contributed by atoms with Gasteiger partial charge in [0.1, 0.15) is 12.4 Å². The van der Waals surface area contributed by atoms with Crippen molar-refractivity contribution in [1.82, 2.24) is 4.98 Å². The summed E-state index contributed by atoms with van der Waals surface area (Å²) in [5, 5.41) is 6.09. The van der Waals surface area contributed by atoms with Crippen LogP contribution in [0.15, 0.2) is 47.8 Å². The zero-order valence-electron chi connectivity index (χ0n) is 17.3. The Kier molecular flexibility index (Phi) is 6.45. The van der Waals surface area contributed by atoms with Crippen molar-refractivity contribution in [2.75, 3.05) is 18.5 Å². The number of aromatic nitrogens is 1. The van der Waals surface area contributed by atoms with Gasteiger partial charge in [-0.25, -0.2) is 4.98 Å². The number of hydrogen-bond acceptors (Lipinski definition) is 5. The van der Waals surface area contributed by atoms with Crippen LogP contribution in [0.4, 0.5) is 5.69 Å². The summed E-state index contributed by atoms with van der Waals surface area (Å²) in [5.74, 6) is 0.617. The zero-order valence-corrected chi connectivity index (χ0v) is 18.1. The molecule has 0 bridgehead atoms. The minimum atomic E-state index is -0.0712. The van der Waals surface area contributed by atoms with Crippen molar-refractivity contribution in [3.8, 4) is 17.0 Å². The maximum atomic E-state index is 12.6. The Bertz CT molecular complexity index is 1010. The highest BCUT2D eigenvalue weighted by molar-refractivity contribution is 7.09. The fourth-order valence-corrected chi connectivity index (χ4v) is 4.10. The van der Waals surface area contributed by atoms with E-state index in [1.165, 1.54) is 0 Å². The number of aryl methyl sites for hydroxylation is 2. The number of rotatable bonds is 7. The first-order valence-electron chi connectivity index (χ1n) is 10.2. The summed E-state index contributed by atoms with van der Waals surface area (Å²) in [5.41, 5.74) is 4.77. The topological polar surface area (TPSA) is 60.5 Å². The van der Waals surface area contributed by atoms with Crippen molar-refractivity contribution < 1.29 is 14.3 Å². The van der Waals surface area contributed by atoms with Crippen LogP contribution in [-0.4, -0.2) is 30.2 Å². The van der Waals surface area contributed by atoms with Crippen molar-refractivity contribution >= 4 is 22.9 Å². The van der Waals surface area contributed by atoms with Crippen LogP contribution in [0.25, 0.3) is 11.3 Å². The number of amides is 1. The first-order chi connectivity index (χ1) is 14.6. The van der Waals surface area contributed by atoms with Gasteiger partial charge in [0, 0.05) is 17.6 Å². The van der Waals surface area contributed by atoms with E-state index < -0.39 is 0 Å². The molecule has 0 radical (unpaired) electrons. The predicted molar refractivity (Wildman–Crippen MR) is 120 cm³/mol. The molecule has 1 fully saturated rings. The Labute approximate surface area is 181 Å². The summed E-state index contributed by atoms with van der Waals surface area (Å²) >= 11 is 1.63. The third kappa shape index (κ3) is 5.26. The van der Waals surface area contributed by atoms with Crippen molar-refractivity contribution in [2.45, 2.75) is 39.2 Å². The monoisotopic (exact) mass is 422 g/mol. The van der Waals surface area contributed by atoms with Crippen molar-refractivity contribution in [3.05, 3.63) is 64.0 Å². The lowest BCUT2D eigenvalue weighted by Crippen LogP contribution is -2.19. The molecule has 3 aromatic rings. The quantitative estimate of drug-likeness (QED) is 0.571. The Morgan fingerprint density at radius 1 is 1.23 bits per heavy atom. The molecule has 1 atom stereocenters. The molecule has 0 spiro atoms. The number of benzene rings is 2. The van der Waals surface area contributed by atoms with Crippen LogP contribution in [0.5, 0.6) is 5.75 Å². The van der Waals surface area contributed by atoms with Crippen LogP contribution < -0.4 is 10.1 Å². The van der Waals surface area contributed by atoms with Crippen LogP contribution in [0, 0.1) is 13.8 Å². The third-order valence-electron chi connectivity index (χ3n) is 5.09. The average molecular weight is 423 g/mol. The van der Waals surface area contributed by atoms with Gasteiger partial charge in [0.2, 0.25) is 5.91 Å². The molecule has 6 heteroatoms. The van der Waals surface area contributed by atoms with E-state index in [1.54, 1.807) is 11.3 Å². The highest BCUT2D eigenvalue weighted by Crippen LogP contribution is 2.27. The smallest absolute Gasteiger partial charge is 0.228 e. The van der Waals surface area contributed by atoms with E-state index in [1.807, 2.05) is 61.7 Å². The van der Waals surface area contributed by atoms with Crippen LogP contribution in [0.3, 0.4) is 0 Å². The second-order valence-electron chi connectivity index (χ2n) is 7.62. The molecule has 1 saturated heterocycles. The number of nitrogens with one attached hydrogen (secondary N) is 1. The lowest BCUT2D eigenvalue weighted by molar-refractivity contribution is -0.115. The molecule has 2 heterocycles. The van der Waals surface area contributed by atoms with Crippen LogP contribution in [0.1, 0.15) is 29.0 Å². The lowest BCUT2D eigenvalue weighted by Gasteiger charge is -2.16. The molecule has 1 unspecified atom stereocenters. The summed E-state index contributed by atoms with van der Waals surface area (Å²) in [7, 11) is 0. The van der Waals surface area contributed by atoms with Gasteiger partial charge in [0.05, 0.1) is 28.9 Å². The second-order valence-corrected chi connectivity index (χ2v) is 8.68. The maximum absolute atomic E-state index is 12.6. The normalized spacial score (nSPS) is 15.9. The fourth-order valence-electron chi connectivity index (χ4n) is 3.48. The predicted octanol–water partition coefficient (Wildman–Crippen LogP) is 5.17. The number of carbonyl (C=O) groups excluding carboxylic acids is 1. The highest BCUT2D eigenvalue weighted by atomic mass is 32.1. The molecule has 156 valence electrons. The number of nitrogens with zero attached hydrogens (tertiary/aromatic N) is 1. The summed E-state index contributed by atoms with van der Waals surface area (Å²) in [6.45, 7) is 5.31. The Morgan fingerprint density at radius 2 is 2.07 bits per heavy atom. The second kappa shape index (κ2) is 9.41. The van der Waals surface area contributed by atoms with Gasteiger partial charge in [-0.1, -0.05) is 30.3 Å². The highest BCUT2D eigenvalue weighted by Gasteiger charge is 2.17. The molecule has 1 amide bonds. The molecule has 0 aliphatic carbocycles. The molecule has 1 aliphatic rings. The van der Waals surface area contributed by atoms with Crippen molar-refractivity contribution in [1.29, 1.82) is 0 Å². The minimum absolute atomic E-state index is 0.0712. The SMILES string of the molecule is Cc1ccc(NC(=O)Cc2ccc(-c3csc(C)n3)cc2)c(OCC2CCCO2)c1. The molecule has 1 aliphatic heterocycles. The zero-order chi connectivity index (χ0) is 20.9. The van der Waals surface area contributed by atoms with Crippen LogP contribution in [-0.2, 0) is 16.0 Å². The molecule has 1 N–H and O–H groups in total. The molecule has 4 rings (SSSR count). The average Bonchev–Trinajstić information content (AvgIpc) is 3.40. The molecule has 30 heavy (non-hydrogen) atoms. The van der Waals surface area contributed by atoms with E-state index in [0.717, 1.165) is 46.8 Å². The van der Waals surface area contributed by atoms with Gasteiger partial charge in [-0.15, -0.1) is 11.3 Å². The van der Waals surface area contributed by atoms with Gasteiger partial charge in [0.25, 0.3) is 0 Å². The molecular formula is C24H26N2O3S. The number of carbonyl (C=O) groups is 1. The Hall–Kier alpha value is -2.70. The standard InChI is InChI=1S/C24H26N2O3S/c1-16-5-10-21(23(12-16)29-14-20-4-3-11-28-20)26-24(27)13-18-6-8-19(9-7-18)22-15-30-17(2)25-22/h5-10,12,15,20H,3-4,11,13-14H2,1-2H3,(H,26,27). The Morgan fingerprint density at radius 3 is 2.77 bits per heavy atom. The number of ether oxygens (including phenoxy) is 2. The lowest BCUT2D eigenvalue weighted by atomic mass is 10.1. The fraction of sp³-hybridized carbons (Fsp3) is 0.333. The summed E-state index contributed by atoms with van der Waals surface area (Å²) in [6, 6.07) is 13.8. The van der Waals surface area contributed by atoms with Gasteiger partial charge in [-0.05, 0) is 49.9 Å². The molecular weight excluding hydrogens is 396 g/mol. The van der Waals surface area contributed by atoms with Gasteiger partial charge in [-0.2, -0.15) is 0 Å². The minimum Gasteiger partial charge on any atom is -0.489 e. The maximum Gasteiger partial charge on any atom is 0.228 e. The Balaban J connectivity index is 1.38. The third-order valence-corrected chi connectivity index (χ3v) is 5.87. The van der Waals surface area contributed by atoms with Crippen LogP contribution in [0.2, 0.25) is 0 Å². The van der Waals surface area contributed by atoms with E-state index in [2.05, 4.69) is 10.3 Å². The molecule has 2 aromatic carbocycles. The summed E-state index contributed by atoms with van der Waals surface area (Å²) < 4.78 is 11.6. The van der Waals surface area contributed by atoms with Gasteiger partial charge in [0.15, 0.2) is 0 Å². The first kappa shape index (κ1) is 20.6. The number of anilines is 1. The number of thiazole rings is 1. The molecule has 5 nitrogen and oxygen atoms in total. The summed E-state index contributed by atoms with van der Waals surface area (Å²) in [6.07, 6.45) is 2.53. The summed E-state index contributed by atoms with van der Waals surface area (Å²) in [4.78, 5) is 17.1. The van der Waals surface area contributed by atoms with Crippen molar-refractivity contribution in [3.63, 3.8) is 0 Å². The number of hydrogen-bond donors (Lipinski definition) is 1. The van der Waals surface area contributed by atoms with E-state index >= 15 is 0 Å².